The van der Waals surface area contributed by atoms with Crippen molar-refractivity contribution in [2.24, 2.45) is 5.10 Å². The van der Waals surface area contributed by atoms with Gasteiger partial charge < -0.3 is 0 Å². The molecule has 1 heterocycles. The predicted molar refractivity (Wildman–Crippen MR) is 121 cm³/mol. The van der Waals surface area contributed by atoms with E-state index in [0.717, 1.165) is 17.8 Å². The third kappa shape index (κ3) is 3.45. The van der Waals surface area contributed by atoms with Crippen LogP contribution >= 0.6 is 0 Å². The Balaban J connectivity index is 1.64. The van der Waals surface area contributed by atoms with Gasteiger partial charge in [-0.25, -0.2) is 0 Å². The highest BCUT2D eigenvalue weighted by Crippen LogP contribution is 2.41. The van der Waals surface area contributed by atoms with Gasteiger partial charge in [-0.15, -0.1) is 0 Å². The molecule has 2 nitrogen and oxygen atoms in total. The van der Waals surface area contributed by atoms with Crippen LogP contribution in [0.4, 0.5) is 5.69 Å². The Morgan fingerprint density at radius 1 is 0.586 bits per heavy atom. The number of rotatable bonds is 4. The van der Waals surface area contributed by atoms with Crippen LogP contribution in [-0.4, -0.2) is 5.71 Å². The van der Waals surface area contributed by atoms with E-state index in [0.29, 0.717) is 0 Å². The highest BCUT2D eigenvalue weighted by molar-refractivity contribution is 6.03. The van der Waals surface area contributed by atoms with E-state index in [9.17, 15) is 0 Å². The second-order valence-corrected chi connectivity index (χ2v) is 7.27. The molecule has 0 bridgehead atoms. The molecule has 0 aromatic heterocycles. The van der Waals surface area contributed by atoms with Crippen LogP contribution in [0.3, 0.4) is 0 Å². The Labute approximate surface area is 171 Å². The van der Waals surface area contributed by atoms with Crippen molar-refractivity contribution >= 4 is 11.4 Å². The van der Waals surface area contributed by atoms with E-state index in [1.807, 2.05) is 0 Å². The van der Waals surface area contributed by atoms with Crippen molar-refractivity contribution in [3.63, 3.8) is 0 Å². The molecule has 1 aliphatic rings. The van der Waals surface area contributed by atoms with E-state index in [2.05, 4.69) is 120 Å². The maximum Gasteiger partial charge on any atom is 0.0832 e. The standard InChI is InChI=1S/C27H22N2/c1-4-12-21(13-5-1)24-18-10-11-19-26(24)29-27(23-16-8-3-9-17-23)20-25(28-29)22-14-6-2-7-15-22/h1-19,27H,20H2. The third-order valence-electron chi connectivity index (χ3n) is 5.44. The number of hydrogen-bond acceptors (Lipinski definition) is 2. The quantitative estimate of drug-likeness (QED) is 0.388. The Hall–Kier alpha value is -3.65. The van der Waals surface area contributed by atoms with Gasteiger partial charge in [0.1, 0.15) is 0 Å². The van der Waals surface area contributed by atoms with E-state index >= 15 is 0 Å². The smallest absolute Gasteiger partial charge is 0.0832 e. The summed E-state index contributed by atoms with van der Waals surface area (Å²) in [5, 5.41) is 7.33. The molecule has 1 unspecified atom stereocenters. The lowest BCUT2D eigenvalue weighted by Crippen LogP contribution is -2.19. The van der Waals surface area contributed by atoms with E-state index in [-0.39, 0.29) is 6.04 Å². The van der Waals surface area contributed by atoms with Crippen LogP contribution < -0.4 is 5.01 Å². The van der Waals surface area contributed by atoms with E-state index < -0.39 is 0 Å². The van der Waals surface area contributed by atoms with Crippen molar-refractivity contribution in [3.05, 3.63) is 126 Å². The van der Waals surface area contributed by atoms with Crippen LogP contribution in [0, 0.1) is 0 Å². The minimum absolute atomic E-state index is 0.177. The van der Waals surface area contributed by atoms with E-state index in [1.54, 1.807) is 0 Å². The zero-order valence-electron chi connectivity index (χ0n) is 16.1. The first kappa shape index (κ1) is 17.4. The molecule has 140 valence electrons. The molecule has 0 N–H and O–H groups in total. The average Bonchev–Trinajstić information content (AvgIpc) is 3.26. The fourth-order valence-corrected chi connectivity index (χ4v) is 4.01. The number of para-hydroxylation sites is 1. The molecule has 0 fully saturated rings. The van der Waals surface area contributed by atoms with Gasteiger partial charge in [-0.1, -0.05) is 109 Å². The molecule has 29 heavy (non-hydrogen) atoms. The first-order valence-electron chi connectivity index (χ1n) is 10.0. The number of hydrogen-bond donors (Lipinski definition) is 0. The zero-order valence-corrected chi connectivity index (χ0v) is 16.1. The minimum Gasteiger partial charge on any atom is -0.257 e. The molecule has 0 amide bonds. The van der Waals surface area contributed by atoms with Crippen molar-refractivity contribution in [2.75, 3.05) is 5.01 Å². The first-order valence-corrected chi connectivity index (χ1v) is 10.0. The summed E-state index contributed by atoms with van der Waals surface area (Å²) in [4.78, 5) is 0. The van der Waals surface area contributed by atoms with Gasteiger partial charge in [-0.3, -0.25) is 5.01 Å². The van der Waals surface area contributed by atoms with E-state index in [1.165, 1.54) is 22.3 Å². The molecular weight excluding hydrogens is 352 g/mol. The molecule has 4 aromatic rings. The summed E-state index contributed by atoms with van der Waals surface area (Å²) in [7, 11) is 0. The van der Waals surface area contributed by atoms with Crippen LogP contribution in [0.1, 0.15) is 23.6 Å². The molecule has 1 atom stereocenters. The summed E-state index contributed by atoms with van der Waals surface area (Å²) in [6.07, 6.45) is 0.886. The number of anilines is 1. The highest BCUT2D eigenvalue weighted by atomic mass is 15.5. The van der Waals surface area contributed by atoms with Crippen molar-refractivity contribution < 1.29 is 0 Å². The SMILES string of the molecule is c1ccc(C2=NN(c3ccccc3-c3ccccc3)C(c3ccccc3)C2)cc1. The van der Waals surface area contributed by atoms with Gasteiger partial charge in [-0.2, -0.15) is 5.10 Å². The topological polar surface area (TPSA) is 15.6 Å². The van der Waals surface area contributed by atoms with Gasteiger partial charge in [0.25, 0.3) is 0 Å². The summed E-state index contributed by atoms with van der Waals surface area (Å²) < 4.78 is 0. The molecule has 0 saturated heterocycles. The predicted octanol–water partition coefficient (Wildman–Crippen LogP) is 6.71. The highest BCUT2D eigenvalue weighted by Gasteiger charge is 2.31. The maximum atomic E-state index is 5.12. The summed E-state index contributed by atoms with van der Waals surface area (Å²) in [6, 6.07) is 40.5. The van der Waals surface area contributed by atoms with Gasteiger partial charge in [0.15, 0.2) is 0 Å². The van der Waals surface area contributed by atoms with Gasteiger partial charge in [0.05, 0.1) is 17.4 Å². The van der Waals surface area contributed by atoms with Crippen LogP contribution in [0.15, 0.2) is 120 Å². The summed E-state index contributed by atoms with van der Waals surface area (Å²) in [5.41, 5.74) is 7.14. The molecule has 0 aliphatic carbocycles. The molecule has 5 rings (SSSR count). The average molecular weight is 374 g/mol. The van der Waals surface area contributed by atoms with Gasteiger partial charge in [0.2, 0.25) is 0 Å². The molecule has 0 spiro atoms. The number of benzene rings is 4. The molecule has 0 saturated carbocycles. The normalized spacial score (nSPS) is 15.9. The number of hydrazone groups is 1. The van der Waals surface area contributed by atoms with Crippen molar-refractivity contribution in [1.82, 2.24) is 0 Å². The molecule has 2 heteroatoms. The van der Waals surface area contributed by atoms with Crippen LogP contribution in [0.25, 0.3) is 11.1 Å². The molecular formula is C27H22N2. The van der Waals surface area contributed by atoms with Gasteiger partial charge >= 0.3 is 0 Å². The van der Waals surface area contributed by atoms with Crippen molar-refractivity contribution in [2.45, 2.75) is 12.5 Å². The fourth-order valence-electron chi connectivity index (χ4n) is 4.01. The molecule has 1 aliphatic heterocycles. The first-order chi connectivity index (χ1) is 14.4. The third-order valence-corrected chi connectivity index (χ3v) is 5.44. The van der Waals surface area contributed by atoms with Gasteiger partial charge in [0, 0.05) is 12.0 Å². The fraction of sp³-hybridized carbons (Fsp3) is 0.0741. The van der Waals surface area contributed by atoms with Crippen LogP contribution in [-0.2, 0) is 0 Å². The number of nitrogens with zero attached hydrogens (tertiary/aromatic N) is 2. The lowest BCUT2D eigenvalue weighted by atomic mass is 9.97. The van der Waals surface area contributed by atoms with Crippen LogP contribution in [0.2, 0.25) is 0 Å². The Morgan fingerprint density at radius 3 is 1.83 bits per heavy atom. The van der Waals surface area contributed by atoms with E-state index in [4.69, 9.17) is 5.10 Å². The summed E-state index contributed by atoms with van der Waals surface area (Å²) in [6.45, 7) is 0. The second-order valence-electron chi connectivity index (χ2n) is 7.27. The Morgan fingerprint density at radius 2 is 1.14 bits per heavy atom. The molecule has 0 radical (unpaired) electrons. The monoisotopic (exact) mass is 374 g/mol. The lowest BCUT2D eigenvalue weighted by molar-refractivity contribution is 0.709. The van der Waals surface area contributed by atoms with Crippen molar-refractivity contribution in [1.29, 1.82) is 0 Å². The zero-order chi connectivity index (χ0) is 19.5. The maximum absolute atomic E-state index is 5.12. The van der Waals surface area contributed by atoms with Gasteiger partial charge in [-0.05, 0) is 22.8 Å². The lowest BCUT2D eigenvalue weighted by Gasteiger charge is -2.26. The van der Waals surface area contributed by atoms with Crippen LogP contribution in [0.5, 0.6) is 0 Å². The minimum atomic E-state index is 0.177. The Bertz CT molecular complexity index is 1120. The second kappa shape index (κ2) is 7.76. The largest absolute Gasteiger partial charge is 0.257 e. The summed E-state index contributed by atoms with van der Waals surface area (Å²) in [5.74, 6) is 0. The van der Waals surface area contributed by atoms with Crippen molar-refractivity contribution in [3.8, 4) is 11.1 Å². The molecule has 4 aromatic carbocycles. The summed E-state index contributed by atoms with van der Waals surface area (Å²) >= 11 is 0. The Kier molecular flexibility index (Phi) is 4.67.